The number of aliphatic hydroxyl groups is 1. The summed E-state index contributed by atoms with van der Waals surface area (Å²) >= 11 is 0. The summed E-state index contributed by atoms with van der Waals surface area (Å²) in [5.74, 6) is 0. The molecule has 0 fully saturated rings. The molecule has 2 rings (SSSR count). The maximum Gasteiger partial charge on any atom is 0.0922 e. The Morgan fingerprint density at radius 1 is 1.35 bits per heavy atom. The van der Waals surface area contributed by atoms with Gasteiger partial charge < -0.3 is 15.0 Å². The lowest BCUT2D eigenvalue weighted by atomic mass is 10.2. The molecule has 0 amide bonds. The van der Waals surface area contributed by atoms with E-state index in [2.05, 4.69) is 14.9 Å². The van der Waals surface area contributed by atoms with Crippen molar-refractivity contribution in [1.29, 1.82) is 0 Å². The molecule has 0 unspecified atom stereocenters. The third-order valence-corrected chi connectivity index (χ3v) is 2.78. The molecular formula is C13H17N3O. The van der Waals surface area contributed by atoms with Crippen LogP contribution in [0.15, 0.2) is 42.9 Å². The van der Waals surface area contributed by atoms with Crippen molar-refractivity contribution in [2.24, 2.45) is 0 Å². The molecule has 0 saturated carbocycles. The Balaban J connectivity index is 2.20. The lowest BCUT2D eigenvalue weighted by Crippen LogP contribution is -2.35. The number of rotatable bonds is 5. The van der Waals surface area contributed by atoms with Crippen LogP contribution in [0.3, 0.4) is 0 Å². The van der Waals surface area contributed by atoms with Crippen LogP contribution in [0, 0.1) is 0 Å². The second kappa shape index (κ2) is 5.50. The van der Waals surface area contributed by atoms with E-state index in [1.54, 1.807) is 12.5 Å². The number of H-pyrrole nitrogens is 1. The van der Waals surface area contributed by atoms with Crippen LogP contribution in [0.1, 0.15) is 12.6 Å². The third-order valence-electron chi connectivity index (χ3n) is 2.78. The zero-order valence-electron chi connectivity index (χ0n) is 9.87. The fourth-order valence-corrected chi connectivity index (χ4v) is 1.77. The fourth-order valence-electron chi connectivity index (χ4n) is 1.77. The minimum atomic E-state index is 0.0701. The van der Waals surface area contributed by atoms with Crippen molar-refractivity contribution in [2.75, 3.05) is 11.5 Å². The minimum absolute atomic E-state index is 0.0701. The van der Waals surface area contributed by atoms with Crippen molar-refractivity contribution in [3.8, 4) is 0 Å². The SMILES string of the molecule is C[C@H](CO)N(Cc1cnc[nH]1)c1ccccc1. The Morgan fingerprint density at radius 3 is 2.71 bits per heavy atom. The number of aromatic nitrogens is 2. The first-order chi connectivity index (χ1) is 8.31. The molecule has 0 aliphatic rings. The lowest BCUT2D eigenvalue weighted by Gasteiger charge is -2.29. The highest BCUT2D eigenvalue weighted by molar-refractivity contribution is 5.47. The highest BCUT2D eigenvalue weighted by atomic mass is 16.3. The first-order valence-electron chi connectivity index (χ1n) is 5.71. The smallest absolute Gasteiger partial charge is 0.0922 e. The minimum Gasteiger partial charge on any atom is -0.394 e. The zero-order valence-corrected chi connectivity index (χ0v) is 9.87. The second-order valence-electron chi connectivity index (χ2n) is 4.07. The van der Waals surface area contributed by atoms with E-state index in [4.69, 9.17) is 0 Å². The number of aliphatic hydroxyl groups excluding tert-OH is 1. The van der Waals surface area contributed by atoms with Crippen molar-refractivity contribution in [3.05, 3.63) is 48.5 Å². The normalized spacial score (nSPS) is 12.4. The van der Waals surface area contributed by atoms with Crippen LogP contribution in [0.5, 0.6) is 0 Å². The molecule has 1 heterocycles. The van der Waals surface area contributed by atoms with E-state index < -0.39 is 0 Å². The fraction of sp³-hybridized carbons (Fsp3) is 0.308. The van der Waals surface area contributed by atoms with Gasteiger partial charge in [0.2, 0.25) is 0 Å². The summed E-state index contributed by atoms with van der Waals surface area (Å²) in [5, 5.41) is 9.33. The van der Waals surface area contributed by atoms with Crippen molar-refractivity contribution >= 4 is 5.69 Å². The molecule has 0 aliphatic heterocycles. The molecule has 4 heteroatoms. The summed E-state index contributed by atoms with van der Waals surface area (Å²) in [6.07, 6.45) is 3.47. The second-order valence-corrected chi connectivity index (χ2v) is 4.07. The lowest BCUT2D eigenvalue weighted by molar-refractivity contribution is 0.266. The molecule has 17 heavy (non-hydrogen) atoms. The van der Waals surface area contributed by atoms with Crippen LogP contribution in [0.4, 0.5) is 5.69 Å². The Hall–Kier alpha value is -1.81. The Labute approximate surface area is 101 Å². The van der Waals surface area contributed by atoms with Crippen molar-refractivity contribution < 1.29 is 5.11 Å². The summed E-state index contributed by atoms with van der Waals surface area (Å²) in [6.45, 7) is 2.85. The molecule has 1 atom stereocenters. The van der Waals surface area contributed by atoms with Crippen molar-refractivity contribution in [2.45, 2.75) is 19.5 Å². The van der Waals surface area contributed by atoms with Gasteiger partial charge in [-0.05, 0) is 19.1 Å². The highest BCUT2D eigenvalue weighted by Gasteiger charge is 2.14. The highest BCUT2D eigenvalue weighted by Crippen LogP contribution is 2.18. The zero-order chi connectivity index (χ0) is 12.1. The number of hydrogen-bond donors (Lipinski definition) is 2. The predicted octanol–water partition coefficient (Wildman–Crippen LogP) is 1.80. The molecule has 1 aromatic carbocycles. The molecule has 0 aliphatic carbocycles. The number of nitrogens with one attached hydrogen (secondary N) is 1. The molecule has 0 bridgehead atoms. The van der Waals surface area contributed by atoms with Gasteiger partial charge in [0.15, 0.2) is 0 Å². The molecule has 1 aromatic heterocycles. The van der Waals surface area contributed by atoms with Crippen LogP contribution >= 0.6 is 0 Å². The standard InChI is InChI=1S/C13H17N3O/c1-11(9-17)16(8-12-7-14-10-15-12)13-5-3-2-4-6-13/h2-7,10-11,17H,8-9H2,1H3,(H,14,15)/t11-/m1/s1. The van der Waals surface area contributed by atoms with Gasteiger partial charge in [0.05, 0.1) is 25.2 Å². The van der Waals surface area contributed by atoms with Gasteiger partial charge >= 0.3 is 0 Å². The molecule has 90 valence electrons. The molecule has 2 N–H and O–H groups in total. The maximum atomic E-state index is 9.33. The average molecular weight is 231 g/mol. The van der Waals surface area contributed by atoms with E-state index in [0.717, 1.165) is 11.4 Å². The van der Waals surface area contributed by atoms with Gasteiger partial charge in [-0.2, -0.15) is 0 Å². The number of para-hydroxylation sites is 1. The largest absolute Gasteiger partial charge is 0.394 e. The number of benzene rings is 1. The first-order valence-corrected chi connectivity index (χ1v) is 5.71. The molecular weight excluding hydrogens is 214 g/mol. The monoisotopic (exact) mass is 231 g/mol. The average Bonchev–Trinajstić information content (AvgIpc) is 2.89. The van der Waals surface area contributed by atoms with Crippen LogP contribution in [-0.2, 0) is 6.54 Å². The number of imidazole rings is 1. The number of hydrogen-bond acceptors (Lipinski definition) is 3. The Morgan fingerprint density at radius 2 is 2.12 bits per heavy atom. The van der Waals surface area contributed by atoms with Crippen molar-refractivity contribution in [3.63, 3.8) is 0 Å². The number of nitrogens with zero attached hydrogens (tertiary/aromatic N) is 2. The van der Waals surface area contributed by atoms with Gasteiger partial charge in [0.25, 0.3) is 0 Å². The van der Waals surface area contributed by atoms with Gasteiger partial charge in [0.1, 0.15) is 0 Å². The maximum absolute atomic E-state index is 9.33. The van der Waals surface area contributed by atoms with Gasteiger partial charge in [0, 0.05) is 17.9 Å². The van der Waals surface area contributed by atoms with Crippen LogP contribution < -0.4 is 4.90 Å². The van der Waals surface area contributed by atoms with E-state index in [1.807, 2.05) is 37.3 Å². The van der Waals surface area contributed by atoms with Gasteiger partial charge in [-0.15, -0.1) is 0 Å². The summed E-state index contributed by atoms with van der Waals surface area (Å²) in [5.41, 5.74) is 2.14. The Kier molecular flexibility index (Phi) is 3.77. The molecule has 0 saturated heterocycles. The van der Waals surface area contributed by atoms with Gasteiger partial charge in [-0.1, -0.05) is 18.2 Å². The van der Waals surface area contributed by atoms with E-state index >= 15 is 0 Å². The van der Waals surface area contributed by atoms with Crippen LogP contribution in [-0.4, -0.2) is 27.7 Å². The third kappa shape index (κ3) is 2.85. The summed E-state index contributed by atoms with van der Waals surface area (Å²) < 4.78 is 0. The molecule has 0 spiro atoms. The van der Waals surface area contributed by atoms with E-state index in [-0.39, 0.29) is 12.6 Å². The van der Waals surface area contributed by atoms with Crippen molar-refractivity contribution in [1.82, 2.24) is 9.97 Å². The Bertz CT molecular complexity index is 427. The quantitative estimate of drug-likeness (QED) is 0.825. The van der Waals surface area contributed by atoms with Gasteiger partial charge in [-0.25, -0.2) is 4.98 Å². The van der Waals surface area contributed by atoms with Crippen LogP contribution in [0.25, 0.3) is 0 Å². The van der Waals surface area contributed by atoms with Crippen LogP contribution in [0.2, 0.25) is 0 Å². The first kappa shape index (κ1) is 11.7. The number of aromatic amines is 1. The molecule has 0 radical (unpaired) electrons. The summed E-state index contributed by atoms with van der Waals surface area (Å²) in [6, 6.07) is 10.1. The summed E-state index contributed by atoms with van der Waals surface area (Å²) in [4.78, 5) is 9.24. The van der Waals surface area contributed by atoms with E-state index in [1.165, 1.54) is 0 Å². The molecule has 2 aromatic rings. The topological polar surface area (TPSA) is 52.1 Å². The van der Waals surface area contributed by atoms with E-state index in [0.29, 0.717) is 6.54 Å². The summed E-state index contributed by atoms with van der Waals surface area (Å²) in [7, 11) is 0. The molecule has 4 nitrogen and oxygen atoms in total. The predicted molar refractivity (Wildman–Crippen MR) is 67.8 cm³/mol. The number of anilines is 1. The van der Waals surface area contributed by atoms with E-state index in [9.17, 15) is 5.11 Å². The van der Waals surface area contributed by atoms with Gasteiger partial charge in [-0.3, -0.25) is 0 Å².